The normalized spacial score (nSPS) is 17.2. The molecular formula is C11H9ClF2O2. The molecule has 0 atom stereocenters. The number of rotatable bonds is 3. The van der Waals surface area contributed by atoms with Crippen LogP contribution in [0.5, 0.6) is 0 Å². The zero-order valence-electron chi connectivity index (χ0n) is 8.27. The number of aliphatic carboxylic acids is 1. The Morgan fingerprint density at radius 2 is 2.06 bits per heavy atom. The van der Waals surface area contributed by atoms with Gasteiger partial charge in [0.25, 0.3) is 0 Å². The third kappa shape index (κ3) is 1.89. The van der Waals surface area contributed by atoms with Gasteiger partial charge in [0.1, 0.15) is 11.6 Å². The smallest absolute Gasteiger partial charge is 0.304 e. The lowest BCUT2D eigenvalue weighted by molar-refractivity contribution is -0.137. The van der Waals surface area contributed by atoms with Gasteiger partial charge in [0.2, 0.25) is 0 Å². The highest BCUT2D eigenvalue weighted by Crippen LogP contribution is 2.52. The quantitative estimate of drug-likeness (QED) is 0.832. The Bertz CT molecular complexity index is 456. The third-order valence-corrected chi connectivity index (χ3v) is 3.18. The fraction of sp³-hybridized carbons (Fsp3) is 0.364. The van der Waals surface area contributed by atoms with Gasteiger partial charge in [-0.05, 0) is 30.5 Å². The van der Waals surface area contributed by atoms with Crippen molar-refractivity contribution in [2.45, 2.75) is 24.7 Å². The molecule has 1 aromatic carbocycles. The molecule has 5 heteroatoms. The number of hydrogen-bond acceptors (Lipinski definition) is 1. The molecule has 0 saturated heterocycles. The Morgan fingerprint density at radius 3 is 2.56 bits per heavy atom. The summed E-state index contributed by atoms with van der Waals surface area (Å²) in [5.41, 5.74) is -0.679. The van der Waals surface area contributed by atoms with Gasteiger partial charge < -0.3 is 5.11 Å². The first-order valence-corrected chi connectivity index (χ1v) is 5.19. The number of benzene rings is 1. The lowest BCUT2D eigenvalue weighted by Crippen LogP contribution is -2.15. The van der Waals surface area contributed by atoms with Gasteiger partial charge in [-0.25, -0.2) is 8.78 Å². The van der Waals surface area contributed by atoms with Crippen LogP contribution in [-0.4, -0.2) is 11.1 Å². The standard InChI is InChI=1S/C11H9ClF2O2/c12-8-4-6(13)3-7(10(8)14)11(1-2-11)5-9(15)16/h3-4H,1-2,5H2,(H,15,16). The van der Waals surface area contributed by atoms with Crippen LogP contribution in [0.1, 0.15) is 24.8 Å². The molecule has 0 aliphatic heterocycles. The minimum absolute atomic E-state index is 0.0832. The highest BCUT2D eigenvalue weighted by molar-refractivity contribution is 6.30. The molecular weight excluding hydrogens is 238 g/mol. The molecule has 0 spiro atoms. The summed E-state index contributed by atoms with van der Waals surface area (Å²) in [7, 11) is 0. The van der Waals surface area contributed by atoms with E-state index in [0.717, 1.165) is 12.1 Å². The van der Waals surface area contributed by atoms with Gasteiger partial charge in [-0.3, -0.25) is 4.79 Å². The van der Waals surface area contributed by atoms with E-state index in [-0.39, 0.29) is 17.0 Å². The molecule has 0 heterocycles. The fourth-order valence-corrected chi connectivity index (χ4v) is 2.13. The van der Waals surface area contributed by atoms with Crippen LogP contribution in [0.4, 0.5) is 8.78 Å². The molecule has 1 saturated carbocycles. The molecule has 0 unspecified atom stereocenters. The second-order valence-electron chi connectivity index (χ2n) is 4.10. The van der Waals surface area contributed by atoms with E-state index < -0.39 is 23.0 Å². The Kier molecular flexibility index (Phi) is 2.62. The summed E-state index contributed by atoms with van der Waals surface area (Å²) in [6.45, 7) is 0. The second-order valence-corrected chi connectivity index (χ2v) is 4.51. The summed E-state index contributed by atoms with van der Waals surface area (Å²) < 4.78 is 26.8. The molecule has 1 aliphatic carbocycles. The molecule has 86 valence electrons. The highest BCUT2D eigenvalue weighted by atomic mass is 35.5. The Hall–Kier alpha value is -1.16. The molecule has 16 heavy (non-hydrogen) atoms. The largest absolute Gasteiger partial charge is 0.481 e. The van der Waals surface area contributed by atoms with Crippen molar-refractivity contribution >= 4 is 17.6 Å². The Morgan fingerprint density at radius 1 is 1.44 bits per heavy atom. The van der Waals surface area contributed by atoms with Crippen molar-refractivity contribution in [3.05, 3.63) is 34.4 Å². The van der Waals surface area contributed by atoms with Gasteiger partial charge in [-0.2, -0.15) is 0 Å². The lowest BCUT2D eigenvalue weighted by Gasteiger charge is -2.14. The zero-order valence-corrected chi connectivity index (χ0v) is 9.02. The van der Waals surface area contributed by atoms with Crippen LogP contribution in [0.25, 0.3) is 0 Å². The summed E-state index contributed by atoms with van der Waals surface area (Å²) in [5.74, 6) is -2.36. The number of carboxylic acid groups (broad SMARTS) is 1. The molecule has 2 nitrogen and oxygen atoms in total. The number of carboxylic acids is 1. The van der Waals surface area contributed by atoms with E-state index in [0.29, 0.717) is 12.8 Å². The van der Waals surface area contributed by atoms with E-state index in [9.17, 15) is 13.6 Å². The van der Waals surface area contributed by atoms with Gasteiger partial charge in [0, 0.05) is 5.41 Å². The molecule has 1 aromatic rings. The molecule has 0 amide bonds. The van der Waals surface area contributed by atoms with Crippen molar-refractivity contribution in [3.63, 3.8) is 0 Å². The maximum absolute atomic E-state index is 13.7. The summed E-state index contributed by atoms with van der Waals surface area (Å²) in [6, 6.07) is 1.92. The minimum atomic E-state index is -1.02. The van der Waals surface area contributed by atoms with Gasteiger partial charge in [0.15, 0.2) is 0 Å². The number of carbonyl (C=O) groups is 1. The van der Waals surface area contributed by atoms with Crippen LogP contribution < -0.4 is 0 Å². The first-order valence-electron chi connectivity index (χ1n) is 4.81. The maximum Gasteiger partial charge on any atom is 0.304 e. The Balaban J connectivity index is 2.44. The SMILES string of the molecule is O=C(O)CC1(c2cc(F)cc(Cl)c2F)CC1. The topological polar surface area (TPSA) is 37.3 Å². The molecule has 0 aromatic heterocycles. The van der Waals surface area contributed by atoms with Crippen molar-refractivity contribution in [2.75, 3.05) is 0 Å². The second kappa shape index (κ2) is 3.70. The lowest BCUT2D eigenvalue weighted by atomic mass is 9.92. The van der Waals surface area contributed by atoms with Gasteiger partial charge in [-0.15, -0.1) is 0 Å². The van der Waals surface area contributed by atoms with Crippen LogP contribution in [0, 0.1) is 11.6 Å². The van der Waals surface area contributed by atoms with Crippen molar-refractivity contribution in [1.82, 2.24) is 0 Å². The van der Waals surface area contributed by atoms with Crippen LogP contribution in [-0.2, 0) is 10.2 Å². The van der Waals surface area contributed by atoms with Gasteiger partial charge >= 0.3 is 5.97 Å². The van der Waals surface area contributed by atoms with Gasteiger partial charge in [0.05, 0.1) is 11.4 Å². The Labute approximate surface area is 95.8 Å². The van der Waals surface area contributed by atoms with E-state index in [1.807, 2.05) is 0 Å². The summed E-state index contributed by atoms with van der Waals surface area (Å²) in [4.78, 5) is 10.7. The average Bonchev–Trinajstić information content (AvgIpc) is 2.91. The zero-order chi connectivity index (χ0) is 11.9. The third-order valence-electron chi connectivity index (χ3n) is 2.91. The van der Waals surface area contributed by atoms with Crippen molar-refractivity contribution < 1.29 is 18.7 Å². The molecule has 0 bridgehead atoms. The van der Waals surface area contributed by atoms with Crippen LogP contribution in [0.2, 0.25) is 5.02 Å². The first kappa shape index (κ1) is 11.3. The fourth-order valence-electron chi connectivity index (χ4n) is 1.92. The highest BCUT2D eigenvalue weighted by Gasteiger charge is 2.48. The molecule has 2 rings (SSSR count). The van der Waals surface area contributed by atoms with E-state index in [1.54, 1.807) is 0 Å². The predicted octanol–water partition coefficient (Wildman–Crippen LogP) is 3.12. The molecule has 1 fully saturated rings. The van der Waals surface area contributed by atoms with E-state index in [1.165, 1.54) is 0 Å². The summed E-state index contributed by atoms with van der Waals surface area (Å²) in [6.07, 6.45) is 0.912. The average molecular weight is 247 g/mol. The monoisotopic (exact) mass is 246 g/mol. The first-order chi connectivity index (χ1) is 7.44. The summed E-state index contributed by atoms with van der Waals surface area (Å²) >= 11 is 5.53. The molecule has 1 N–H and O–H groups in total. The molecule has 0 radical (unpaired) electrons. The van der Waals surface area contributed by atoms with Crippen LogP contribution in [0.15, 0.2) is 12.1 Å². The van der Waals surface area contributed by atoms with Crippen molar-refractivity contribution in [1.29, 1.82) is 0 Å². The summed E-state index contributed by atoms with van der Waals surface area (Å²) in [5, 5.41) is 8.43. The maximum atomic E-state index is 13.7. The van der Waals surface area contributed by atoms with Gasteiger partial charge in [-0.1, -0.05) is 11.6 Å². The van der Waals surface area contributed by atoms with Crippen molar-refractivity contribution in [3.8, 4) is 0 Å². The number of halogens is 3. The minimum Gasteiger partial charge on any atom is -0.481 e. The number of hydrogen-bond donors (Lipinski definition) is 1. The van der Waals surface area contributed by atoms with Crippen LogP contribution >= 0.6 is 11.6 Å². The van der Waals surface area contributed by atoms with E-state index in [2.05, 4.69) is 0 Å². The van der Waals surface area contributed by atoms with E-state index >= 15 is 0 Å². The van der Waals surface area contributed by atoms with Crippen LogP contribution in [0.3, 0.4) is 0 Å². The predicted molar refractivity (Wildman–Crippen MR) is 54.5 cm³/mol. The molecule has 1 aliphatic rings. The van der Waals surface area contributed by atoms with E-state index in [4.69, 9.17) is 16.7 Å². The van der Waals surface area contributed by atoms with Crippen molar-refractivity contribution in [2.24, 2.45) is 0 Å².